The Kier molecular flexibility index (Phi) is 6.39. The zero-order chi connectivity index (χ0) is 18.4. The molecule has 0 spiro atoms. The van der Waals surface area contributed by atoms with Crippen molar-refractivity contribution in [2.75, 3.05) is 30.7 Å². The highest BCUT2D eigenvalue weighted by Crippen LogP contribution is 2.19. The number of nitrogens with one attached hydrogen (secondary N) is 1. The first-order chi connectivity index (χ1) is 12.6. The van der Waals surface area contributed by atoms with Crippen LogP contribution in [0.5, 0.6) is 0 Å². The molecule has 3 N–H and O–H groups in total. The number of hydrogen-bond donors (Lipinski definition) is 2. The summed E-state index contributed by atoms with van der Waals surface area (Å²) in [6.07, 6.45) is 5.06. The van der Waals surface area contributed by atoms with Crippen LogP contribution in [-0.2, 0) is 13.0 Å². The maximum absolute atomic E-state index is 14.6. The minimum absolute atomic E-state index is 0.181. The Morgan fingerprint density at radius 2 is 2.00 bits per heavy atom. The lowest BCUT2D eigenvalue weighted by Crippen LogP contribution is -2.18. The third-order valence-electron chi connectivity index (χ3n) is 4.73. The van der Waals surface area contributed by atoms with Crippen LogP contribution in [0.1, 0.15) is 49.4 Å². The van der Waals surface area contributed by atoms with Gasteiger partial charge in [0, 0.05) is 25.6 Å². The fourth-order valence-electron chi connectivity index (χ4n) is 3.32. The van der Waals surface area contributed by atoms with Crippen molar-refractivity contribution >= 4 is 11.8 Å². The third kappa shape index (κ3) is 5.14. The average molecular weight is 357 g/mol. The minimum atomic E-state index is -0.181. The van der Waals surface area contributed by atoms with Gasteiger partial charge in [-0.3, -0.25) is 4.90 Å². The van der Waals surface area contributed by atoms with E-state index in [-0.39, 0.29) is 11.8 Å². The van der Waals surface area contributed by atoms with Gasteiger partial charge in [0.25, 0.3) is 0 Å². The molecule has 1 fully saturated rings. The predicted octanol–water partition coefficient (Wildman–Crippen LogP) is 3.60. The fraction of sp³-hybridized carbons (Fsp3) is 0.500. The van der Waals surface area contributed by atoms with Crippen LogP contribution in [0.3, 0.4) is 0 Å². The van der Waals surface area contributed by atoms with E-state index in [9.17, 15) is 4.39 Å². The molecule has 0 aliphatic carbocycles. The molecule has 0 radical (unpaired) electrons. The molecule has 5 nitrogen and oxygen atoms in total. The van der Waals surface area contributed by atoms with E-state index < -0.39 is 0 Å². The van der Waals surface area contributed by atoms with Gasteiger partial charge < -0.3 is 11.1 Å². The molecular formula is C20H28FN5. The Morgan fingerprint density at radius 1 is 1.19 bits per heavy atom. The number of halogens is 1. The molecule has 0 amide bonds. The number of nitrogen functional groups attached to an aromatic ring is 1. The molecule has 0 saturated carbocycles. The van der Waals surface area contributed by atoms with Gasteiger partial charge in [0.1, 0.15) is 11.6 Å². The number of rotatable bonds is 8. The number of hydrogen-bond acceptors (Lipinski definition) is 5. The lowest BCUT2D eigenvalue weighted by molar-refractivity contribution is 0.331. The lowest BCUT2D eigenvalue weighted by Gasteiger charge is -2.15. The summed E-state index contributed by atoms with van der Waals surface area (Å²) in [5, 5.41) is 3.25. The van der Waals surface area contributed by atoms with Crippen molar-refractivity contribution in [2.45, 2.75) is 45.6 Å². The van der Waals surface area contributed by atoms with Crippen LogP contribution in [-0.4, -0.2) is 34.5 Å². The number of benzene rings is 1. The first kappa shape index (κ1) is 18.6. The van der Waals surface area contributed by atoms with E-state index in [4.69, 9.17) is 5.73 Å². The van der Waals surface area contributed by atoms with Crippen molar-refractivity contribution < 1.29 is 4.39 Å². The molecule has 140 valence electrons. The molecule has 1 aromatic heterocycles. The summed E-state index contributed by atoms with van der Waals surface area (Å²) in [4.78, 5) is 10.8. The lowest BCUT2D eigenvalue weighted by atomic mass is 10.1. The molecule has 0 unspecified atom stereocenters. The Labute approximate surface area is 154 Å². The Bertz CT molecular complexity index is 728. The van der Waals surface area contributed by atoms with E-state index in [0.717, 1.165) is 50.3 Å². The van der Waals surface area contributed by atoms with E-state index in [2.05, 4.69) is 27.1 Å². The second kappa shape index (κ2) is 8.94. The van der Waals surface area contributed by atoms with Crippen LogP contribution in [0.15, 0.2) is 24.3 Å². The van der Waals surface area contributed by atoms with Crippen molar-refractivity contribution in [1.82, 2.24) is 14.9 Å². The second-order valence-corrected chi connectivity index (χ2v) is 6.97. The summed E-state index contributed by atoms with van der Waals surface area (Å²) in [6, 6.07) is 7.38. The summed E-state index contributed by atoms with van der Waals surface area (Å²) >= 11 is 0. The van der Waals surface area contributed by atoms with Crippen molar-refractivity contribution in [3.63, 3.8) is 0 Å². The highest BCUT2D eigenvalue weighted by molar-refractivity contribution is 5.42. The summed E-state index contributed by atoms with van der Waals surface area (Å²) in [5.41, 5.74) is 8.19. The minimum Gasteiger partial charge on any atom is -0.370 e. The van der Waals surface area contributed by atoms with Crippen LogP contribution in [0, 0.1) is 5.82 Å². The Morgan fingerprint density at radius 3 is 2.73 bits per heavy atom. The molecule has 0 atom stereocenters. The fourth-order valence-corrected chi connectivity index (χ4v) is 3.32. The molecule has 26 heavy (non-hydrogen) atoms. The average Bonchev–Trinajstić information content (AvgIpc) is 3.10. The maximum atomic E-state index is 14.6. The SMILES string of the molecule is CCCCNc1cc(Cc2ccc(CN3CCCC3)cc2F)nc(N)n1. The van der Waals surface area contributed by atoms with Crippen molar-refractivity contribution in [1.29, 1.82) is 0 Å². The van der Waals surface area contributed by atoms with Crippen LogP contribution in [0.4, 0.5) is 16.2 Å². The van der Waals surface area contributed by atoms with E-state index in [1.54, 1.807) is 6.07 Å². The van der Waals surface area contributed by atoms with Gasteiger partial charge in [0.05, 0.1) is 5.69 Å². The van der Waals surface area contributed by atoms with Crippen molar-refractivity contribution in [2.24, 2.45) is 0 Å². The number of nitrogens with zero attached hydrogens (tertiary/aromatic N) is 3. The molecule has 1 aliphatic rings. The molecule has 1 saturated heterocycles. The van der Waals surface area contributed by atoms with E-state index in [1.165, 1.54) is 12.8 Å². The third-order valence-corrected chi connectivity index (χ3v) is 4.73. The van der Waals surface area contributed by atoms with Crippen molar-refractivity contribution in [3.05, 3.63) is 46.9 Å². The van der Waals surface area contributed by atoms with Gasteiger partial charge in [-0.15, -0.1) is 0 Å². The van der Waals surface area contributed by atoms with Crippen LogP contribution >= 0.6 is 0 Å². The summed E-state index contributed by atoms with van der Waals surface area (Å²) < 4.78 is 14.6. The number of nitrogens with two attached hydrogens (primary N) is 1. The van der Waals surface area contributed by atoms with E-state index in [1.807, 2.05) is 18.2 Å². The zero-order valence-electron chi connectivity index (χ0n) is 15.5. The Hall–Kier alpha value is -2.21. The maximum Gasteiger partial charge on any atom is 0.222 e. The molecule has 1 aromatic carbocycles. The quantitative estimate of drug-likeness (QED) is 0.707. The number of likely N-dealkylation sites (tertiary alicyclic amines) is 1. The second-order valence-electron chi connectivity index (χ2n) is 6.97. The van der Waals surface area contributed by atoms with E-state index >= 15 is 0 Å². The van der Waals surface area contributed by atoms with Gasteiger partial charge in [-0.25, -0.2) is 9.37 Å². The molecule has 2 heterocycles. The molecule has 2 aromatic rings. The highest BCUT2D eigenvalue weighted by atomic mass is 19.1. The Balaban J connectivity index is 1.67. The number of anilines is 2. The highest BCUT2D eigenvalue weighted by Gasteiger charge is 2.13. The van der Waals surface area contributed by atoms with Crippen LogP contribution in [0.25, 0.3) is 0 Å². The van der Waals surface area contributed by atoms with Gasteiger partial charge in [0.15, 0.2) is 0 Å². The first-order valence-electron chi connectivity index (χ1n) is 9.51. The topological polar surface area (TPSA) is 67.1 Å². The van der Waals surface area contributed by atoms with Gasteiger partial charge in [-0.1, -0.05) is 25.5 Å². The number of unbranched alkanes of at least 4 members (excludes halogenated alkanes) is 1. The van der Waals surface area contributed by atoms with Gasteiger partial charge >= 0.3 is 0 Å². The van der Waals surface area contributed by atoms with Gasteiger partial charge in [0.2, 0.25) is 5.95 Å². The predicted molar refractivity (Wildman–Crippen MR) is 104 cm³/mol. The van der Waals surface area contributed by atoms with E-state index in [0.29, 0.717) is 17.8 Å². The zero-order valence-corrected chi connectivity index (χ0v) is 15.5. The van der Waals surface area contributed by atoms with Crippen LogP contribution < -0.4 is 11.1 Å². The molecule has 3 rings (SSSR count). The molecular weight excluding hydrogens is 329 g/mol. The first-order valence-corrected chi connectivity index (χ1v) is 9.51. The smallest absolute Gasteiger partial charge is 0.222 e. The normalized spacial score (nSPS) is 14.7. The summed E-state index contributed by atoms with van der Waals surface area (Å²) in [5.74, 6) is 0.735. The number of aromatic nitrogens is 2. The molecule has 6 heteroatoms. The standard InChI is InChI=1S/C20H28FN5/c1-2-3-8-23-19-13-17(24-20(22)25-19)12-16-7-6-15(11-18(16)21)14-26-9-4-5-10-26/h6-7,11,13H,2-5,8-10,12,14H2,1H3,(H3,22,23,24,25). The largest absolute Gasteiger partial charge is 0.370 e. The molecule has 0 bridgehead atoms. The summed E-state index contributed by atoms with van der Waals surface area (Å²) in [6.45, 7) is 6.02. The monoisotopic (exact) mass is 357 g/mol. The molecule has 1 aliphatic heterocycles. The summed E-state index contributed by atoms with van der Waals surface area (Å²) in [7, 11) is 0. The van der Waals surface area contributed by atoms with Gasteiger partial charge in [-0.2, -0.15) is 4.98 Å². The van der Waals surface area contributed by atoms with Crippen molar-refractivity contribution in [3.8, 4) is 0 Å². The van der Waals surface area contributed by atoms with Crippen LogP contribution in [0.2, 0.25) is 0 Å². The van der Waals surface area contributed by atoms with Gasteiger partial charge in [-0.05, 0) is 49.5 Å².